The number of ether oxygens (including phenoxy) is 1. The van der Waals surface area contributed by atoms with E-state index in [4.69, 9.17) is 9.31 Å². The number of methoxy groups -OCH3 is 1. The molecule has 0 aliphatic carbocycles. The van der Waals surface area contributed by atoms with Gasteiger partial charge in [-0.15, -0.1) is 0 Å². The van der Waals surface area contributed by atoms with Crippen molar-refractivity contribution in [3.8, 4) is 0 Å². The van der Waals surface area contributed by atoms with Gasteiger partial charge in [0.05, 0.1) is 23.9 Å². The Balaban J connectivity index is 2.35. The molecule has 1 fully saturated rings. The summed E-state index contributed by atoms with van der Waals surface area (Å²) in [6, 6.07) is 2.20. The fraction of sp³-hybridized carbons (Fsp3) is 0.538. The summed E-state index contributed by atoms with van der Waals surface area (Å²) in [6.07, 6.45) is 0. The maximum Gasteiger partial charge on any atom is 0.514 e. The van der Waals surface area contributed by atoms with Crippen molar-refractivity contribution < 1.29 is 23.2 Å². The zero-order chi connectivity index (χ0) is 15.1. The molecule has 0 atom stereocenters. The van der Waals surface area contributed by atoms with Crippen LogP contribution in [0.4, 0.5) is 4.39 Å². The summed E-state index contributed by atoms with van der Waals surface area (Å²) in [5.41, 5.74) is -1.02. The molecule has 2 rings (SSSR count). The number of halogens is 1. The van der Waals surface area contributed by atoms with Crippen LogP contribution in [0, 0.1) is 5.82 Å². The van der Waals surface area contributed by atoms with Gasteiger partial charge in [0.25, 0.3) is 0 Å². The molecule has 20 heavy (non-hydrogen) atoms. The van der Waals surface area contributed by atoms with Gasteiger partial charge in [-0.2, -0.15) is 0 Å². The molecule has 0 amide bonds. The molecular weight excluding hydrogens is 264 g/mol. The highest BCUT2D eigenvalue weighted by Gasteiger charge is 2.52. The maximum absolute atomic E-state index is 13.6. The van der Waals surface area contributed by atoms with E-state index >= 15 is 0 Å². The van der Waals surface area contributed by atoms with Crippen molar-refractivity contribution in [2.24, 2.45) is 0 Å². The molecule has 2 heterocycles. The second-order valence-corrected chi connectivity index (χ2v) is 5.68. The van der Waals surface area contributed by atoms with Crippen LogP contribution in [0.25, 0.3) is 0 Å². The first-order chi connectivity index (χ1) is 9.16. The molecule has 1 aliphatic heterocycles. The van der Waals surface area contributed by atoms with Gasteiger partial charge in [-0.3, -0.25) is 0 Å². The Morgan fingerprint density at radius 2 is 1.80 bits per heavy atom. The Morgan fingerprint density at radius 1 is 1.25 bits per heavy atom. The Bertz CT molecular complexity index is 531. The average molecular weight is 281 g/mol. The Labute approximate surface area is 117 Å². The van der Waals surface area contributed by atoms with E-state index in [1.807, 2.05) is 27.7 Å². The monoisotopic (exact) mass is 281 g/mol. The van der Waals surface area contributed by atoms with Gasteiger partial charge in [-0.1, -0.05) is 0 Å². The lowest BCUT2D eigenvalue weighted by molar-refractivity contribution is 0.00578. The van der Waals surface area contributed by atoms with Crippen LogP contribution in [-0.2, 0) is 14.0 Å². The summed E-state index contributed by atoms with van der Waals surface area (Å²) in [5.74, 6) is -1.30. The first-order valence-corrected chi connectivity index (χ1v) is 6.28. The first-order valence-electron chi connectivity index (χ1n) is 6.28. The van der Waals surface area contributed by atoms with Gasteiger partial charge in [0.1, 0.15) is 5.82 Å². The minimum Gasteiger partial charge on any atom is -0.464 e. The van der Waals surface area contributed by atoms with Crippen molar-refractivity contribution >= 4 is 18.7 Å². The molecule has 0 saturated carbocycles. The molecule has 0 bridgehead atoms. The molecule has 108 valence electrons. The number of esters is 1. The Hall–Kier alpha value is -1.47. The van der Waals surface area contributed by atoms with Crippen molar-refractivity contribution in [2.75, 3.05) is 7.11 Å². The Kier molecular flexibility index (Phi) is 3.60. The fourth-order valence-electron chi connectivity index (χ4n) is 1.81. The standard InChI is InChI=1S/C13H17BFNO4/c1-12(2)13(3,4)20-14(19-12)10-7-8(15)6-9(16-10)11(17)18-5/h6-7H,1-5H3. The smallest absolute Gasteiger partial charge is 0.464 e. The lowest BCUT2D eigenvalue weighted by atomic mass is 9.84. The number of carbonyl (C=O) groups excluding carboxylic acids is 1. The highest BCUT2D eigenvalue weighted by Crippen LogP contribution is 2.36. The van der Waals surface area contributed by atoms with Crippen LogP contribution in [-0.4, -0.2) is 36.4 Å². The molecule has 1 aromatic rings. The number of rotatable bonds is 2. The van der Waals surface area contributed by atoms with E-state index < -0.39 is 30.1 Å². The van der Waals surface area contributed by atoms with E-state index in [0.717, 1.165) is 6.07 Å². The van der Waals surface area contributed by atoms with Gasteiger partial charge in [0.15, 0.2) is 5.69 Å². The van der Waals surface area contributed by atoms with E-state index in [1.165, 1.54) is 13.2 Å². The SMILES string of the molecule is COC(=O)c1cc(F)cc(B2OC(C)(C)C(C)(C)O2)n1. The molecule has 1 aromatic heterocycles. The molecule has 7 heteroatoms. The van der Waals surface area contributed by atoms with Gasteiger partial charge < -0.3 is 14.0 Å². The van der Waals surface area contributed by atoms with Gasteiger partial charge in [-0.25, -0.2) is 14.2 Å². The van der Waals surface area contributed by atoms with Crippen molar-refractivity contribution in [3.63, 3.8) is 0 Å². The number of carbonyl (C=O) groups is 1. The zero-order valence-corrected chi connectivity index (χ0v) is 12.2. The zero-order valence-electron chi connectivity index (χ0n) is 12.2. The molecule has 0 N–H and O–H groups in total. The normalized spacial score (nSPS) is 20.0. The number of nitrogens with zero attached hydrogens (tertiary/aromatic N) is 1. The molecule has 0 spiro atoms. The largest absolute Gasteiger partial charge is 0.514 e. The summed E-state index contributed by atoms with van der Waals surface area (Å²) < 4.78 is 29.7. The lowest BCUT2D eigenvalue weighted by Gasteiger charge is -2.32. The van der Waals surface area contributed by atoms with E-state index in [1.54, 1.807) is 0 Å². The van der Waals surface area contributed by atoms with Crippen molar-refractivity contribution in [2.45, 2.75) is 38.9 Å². The minimum atomic E-state index is -0.820. The third-order valence-corrected chi connectivity index (χ3v) is 3.70. The molecule has 1 aliphatic rings. The average Bonchev–Trinajstić information content (AvgIpc) is 2.57. The second kappa shape index (κ2) is 4.82. The third-order valence-electron chi connectivity index (χ3n) is 3.70. The number of hydrogen-bond donors (Lipinski definition) is 0. The highest BCUT2D eigenvalue weighted by atomic mass is 19.1. The van der Waals surface area contributed by atoms with Crippen LogP contribution in [0.1, 0.15) is 38.2 Å². The number of hydrogen-bond acceptors (Lipinski definition) is 5. The van der Waals surface area contributed by atoms with Gasteiger partial charge >= 0.3 is 13.1 Å². The van der Waals surface area contributed by atoms with Crippen LogP contribution >= 0.6 is 0 Å². The minimum absolute atomic E-state index is 0.114. The predicted molar refractivity (Wildman–Crippen MR) is 71.3 cm³/mol. The van der Waals surface area contributed by atoms with Gasteiger partial charge in [0, 0.05) is 6.07 Å². The summed E-state index contributed by atoms with van der Waals surface area (Å²) in [7, 11) is 0.391. The van der Waals surface area contributed by atoms with Crippen LogP contribution in [0.2, 0.25) is 0 Å². The first kappa shape index (κ1) is 14.9. The quantitative estimate of drug-likeness (QED) is 0.604. The fourth-order valence-corrected chi connectivity index (χ4v) is 1.81. The van der Waals surface area contributed by atoms with Crippen LogP contribution in [0.5, 0.6) is 0 Å². The summed E-state index contributed by atoms with van der Waals surface area (Å²) >= 11 is 0. The molecular formula is C13H17BFNO4. The number of pyridine rings is 1. The lowest BCUT2D eigenvalue weighted by Crippen LogP contribution is -2.41. The van der Waals surface area contributed by atoms with Crippen LogP contribution in [0.15, 0.2) is 12.1 Å². The maximum atomic E-state index is 13.6. The molecule has 0 aromatic carbocycles. The van der Waals surface area contributed by atoms with Gasteiger partial charge in [0.2, 0.25) is 0 Å². The van der Waals surface area contributed by atoms with Crippen LogP contribution < -0.4 is 5.59 Å². The van der Waals surface area contributed by atoms with Crippen molar-refractivity contribution in [3.05, 3.63) is 23.6 Å². The molecule has 5 nitrogen and oxygen atoms in total. The second-order valence-electron chi connectivity index (χ2n) is 5.68. The summed E-state index contributed by atoms with van der Waals surface area (Å²) in [6.45, 7) is 7.53. The van der Waals surface area contributed by atoms with E-state index in [-0.39, 0.29) is 11.3 Å². The molecule has 0 radical (unpaired) electrons. The molecule has 0 unspecified atom stereocenters. The van der Waals surface area contributed by atoms with Gasteiger partial charge in [-0.05, 0) is 33.8 Å². The van der Waals surface area contributed by atoms with E-state index in [2.05, 4.69) is 9.72 Å². The van der Waals surface area contributed by atoms with Crippen molar-refractivity contribution in [1.29, 1.82) is 0 Å². The van der Waals surface area contributed by atoms with Crippen molar-refractivity contribution in [1.82, 2.24) is 4.98 Å². The summed E-state index contributed by atoms with van der Waals surface area (Å²) in [4.78, 5) is 15.5. The third kappa shape index (κ3) is 2.55. The highest BCUT2D eigenvalue weighted by molar-refractivity contribution is 6.61. The van der Waals surface area contributed by atoms with Crippen LogP contribution in [0.3, 0.4) is 0 Å². The van der Waals surface area contributed by atoms with E-state index in [9.17, 15) is 9.18 Å². The van der Waals surface area contributed by atoms with E-state index in [0.29, 0.717) is 0 Å². The Morgan fingerprint density at radius 3 is 2.30 bits per heavy atom. The number of aromatic nitrogens is 1. The summed E-state index contributed by atoms with van der Waals surface area (Å²) in [5, 5.41) is 0. The predicted octanol–water partition coefficient (Wildman–Crippen LogP) is 1.31. The molecule has 1 saturated heterocycles. The topological polar surface area (TPSA) is 57.7 Å².